The highest BCUT2D eigenvalue weighted by Crippen LogP contribution is 2.32. The molecule has 7 heteroatoms. The maximum absolute atomic E-state index is 13.3. The van der Waals surface area contributed by atoms with Gasteiger partial charge in [-0.2, -0.15) is 0 Å². The summed E-state index contributed by atoms with van der Waals surface area (Å²) in [6.07, 6.45) is 2.47. The maximum atomic E-state index is 13.3. The van der Waals surface area contributed by atoms with Crippen molar-refractivity contribution < 1.29 is 17.9 Å². The molecular formula is C26H28N2O4S. The molecule has 1 aliphatic rings. The summed E-state index contributed by atoms with van der Waals surface area (Å²) in [6, 6.07) is 20.1. The highest BCUT2D eigenvalue weighted by Gasteiger charge is 2.28. The number of fused-ring (bicyclic) bond motifs is 1. The fourth-order valence-electron chi connectivity index (χ4n) is 4.09. The number of carbonyl (C=O) groups excluding carboxylic acids is 1. The lowest BCUT2D eigenvalue weighted by Gasteiger charge is -2.30. The van der Waals surface area contributed by atoms with Crippen molar-refractivity contribution in [3.63, 3.8) is 0 Å². The third-order valence-electron chi connectivity index (χ3n) is 5.85. The molecule has 0 bridgehead atoms. The zero-order valence-electron chi connectivity index (χ0n) is 18.9. The molecule has 0 unspecified atom stereocenters. The number of hydrogen-bond acceptors (Lipinski definition) is 4. The number of nitrogens with one attached hydrogen (secondary N) is 1. The number of methoxy groups -OCH3 is 1. The summed E-state index contributed by atoms with van der Waals surface area (Å²) in [5, 5.41) is 2.89. The number of para-hydroxylation sites is 1. The van der Waals surface area contributed by atoms with Gasteiger partial charge in [-0.25, -0.2) is 8.42 Å². The van der Waals surface area contributed by atoms with Gasteiger partial charge in [-0.15, -0.1) is 0 Å². The fourth-order valence-corrected chi connectivity index (χ4v) is 5.64. The lowest BCUT2D eigenvalue weighted by Crippen LogP contribution is -2.35. The van der Waals surface area contributed by atoms with Crippen molar-refractivity contribution in [3.8, 4) is 5.75 Å². The van der Waals surface area contributed by atoms with E-state index >= 15 is 0 Å². The topological polar surface area (TPSA) is 75.7 Å². The maximum Gasteiger partial charge on any atom is 0.264 e. The molecule has 1 amide bonds. The minimum absolute atomic E-state index is 0.125. The molecule has 0 spiro atoms. The molecule has 0 aromatic heterocycles. The van der Waals surface area contributed by atoms with Crippen molar-refractivity contribution in [2.24, 2.45) is 0 Å². The molecular weight excluding hydrogens is 436 g/mol. The number of amides is 1. The van der Waals surface area contributed by atoms with Crippen LogP contribution in [-0.2, 0) is 27.7 Å². The molecule has 0 radical (unpaired) electrons. The van der Waals surface area contributed by atoms with Crippen molar-refractivity contribution in [1.29, 1.82) is 0 Å². The van der Waals surface area contributed by atoms with Crippen molar-refractivity contribution in [2.45, 2.75) is 37.5 Å². The molecule has 4 rings (SSSR count). The lowest BCUT2D eigenvalue weighted by atomic mass is 10.0. The number of ether oxygens (including phenoxy) is 1. The average Bonchev–Trinajstić information content (AvgIpc) is 2.83. The van der Waals surface area contributed by atoms with Gasteiger partial charge in [0.15, 0.2) is 0 Å². The van der Waals surface area contributed by atoms with Crippen LogP contribution in [0.5, 0.6) is 5.75 Å². The Morgan fingerprint density at radius 3 is 2.58 bits per heavy atom. The lowest BCUT2D eigenvalue weighted by molar-refractivity contribution is -0.116. The molecule has 0 saturated heterocycles. The number of hydrogen-bond donors (Lipinski definition) is 1. The standard InChI is InChI=1S/C26H28N2O4S/c1-19-9-15-25(32-2)23(18-19)27-26(29)16-12-20-10-13-22(14-11-20)33(30,31)28-17-5-7-21-6-3-4-8-24(21)28/h3-4,6,8-11,13-15,18H,5,7,12,16-17H2,1-2H3,(H,27,29). The molecule has 172 valence electrons. The molecule has 1 N–H and O–H groups in total. The molecule has 0 atom stereocenters. The van der Waals surface area contributed by atoms with E-state index in [0.717, 1.165) is 35.2 Å². The van der Waals surface area contributed by atoms with E-state index in [1.807, 2.05) is 49.4 Å². The van der Waals surface area contributed by atoms with Crippen LogP contribution in [0.25, 0.3) is 0 Å². The van der Waals surface area contributed by atoms with Crippen LogP contribution in [-0.4, -0.2) is 28.0 Å². The van der Waals surface area contributed by atoms with Gasteiger partial charge >= 0.3 is 0 Å². The molecule has 0 fully saturated rings. The van der Waals surface area contributed by atoms with E-state index in [-0.39, 0.29) is 17.2 Å². The average molecular weight is 465 g/mol. The van der Waals surface area contributed by atoms with E-state index in [4.69, 9.17) is 4.74 Å². The second-order valence-electron chi connectivity index (χ2n) is 8.21. The van der Waals surface area contributed by atoms with Crippen molar-refractivity contribution in [2.75, 3.05) is 23.3 Å². The third-order valence-corrected chi connectivity index (χ3v) is 7.68. The minimum Gasteiger partial charge on any atom is -0.495 e. The smallest absolute Gasteiger partial charge is 0.264 e. The van der Waals surface area contributed by atoms with E-state index in [2.05, 4.69) is 5.32 Å². The first-order chi connectivity index (χ1) is 15.9. The molecule has 1 heterocycles. The number of rotatable bonds is 7. The molecule has 0 saturated carbocycles. The number of aryl methyl sites for hydroxylation is 3. The van der Waals surface area contributed by atoms with Gasteiger partial charge in [0, 0.05) is 13.0 Å². The quantitative estimate of drug-likeness (QED) is 0.549. The highest BCUT2D eigenvalue weighted by atomic mass is 32.2. The van der Waals surface area contributed by atoms with Crippen LogP contribution in [0.3, 0.4) is 0 Å². The second kappa shape index (κ2) is 9.67. The van der Waals surface area contributed by atoms with E-state index in [1.165, 1.54) is 4.31 Å². The highest BCUT2D eigenvalue weighted by molar-refractivity contribution is 7.92. The second-order valence-corrected chi connectivity index (χ2v) is 10.1. The Morgan fingerprint density at radius 1 is 1.06 bits per heavy atom. The first-order valence-corrected chi connectivity index (χ1v) is 12.5. The monoisotopic (exact) mass is 464 g/mol. The molecule has 1 aliphatic heterocycles. The van der Waals surface area contributed by atoms with Crippen LogP contribution in [0.4, 0.5) is 11.4 Å². The summed E-state index contributed by atoms with van der Waals surface area (Å²) in [7, 11) is -2.07. The predicted molar refractivity (Wildman–Crippen MR) is 130 cm³/mol. The Balaban J connectivity index is 1.42. The van der Waals surface area contributed by atoms with Gasteiger partial charge in [0.05, 0.1) is 23.4 Å². The molecule has 3 aromatic rings. The number of carbonyl (C=O) groups is 1. The van der Waals surface area contributed by atoms with Crippen LogP contribution in [0.2, 0.25) is 0 Å². The van der Waals surface area contributed by atoms with Gasteiger partial charge in [0.1, 0.15) is 5.75 Å². The van der Waals surface area contributed by atoms with Crippen molar-refractivity contribution in [3.05, 3.63) is 83.4 Å². The van der Waals surface area contributed by atoms with Gasteiger partial charge in [-0.05, 0) is 73.2 Å². The normalized spacial score (nSPS) is 13.3. The molecule has 3 aromatic carbocycles. The van der Waals surface area contributed by atoms with Crippen LogP contribution in [0, 0.1) is 6.92 Å². The first kappa shape index (κ1) is 22.9. The van der Waals surface area contributed by atoms with E-state index in [1.54, 1.807) is 31.4 Å². The summed E-state index contributed by atoms with van der Waals surface area (Å²) in [4.78, 5) is 12.7. The number of anilines is 2. The number of nitrogens with zero attached hydrogens (tertiary/aromatic N) is 1. The van der Waals surface area contributed by atoms with E-state index in [9.17, 15) is 13.2 Å². The van der Waals surface area contributed by atoms with Gasteiger partial charge in [0.25, 0.3) is 10.0 Å². The molecule has 33 heavy (non-hydrogen) atoms. The molecule has 6 nitrogen and oxygen atoms in total. The molecule has 0 aliphatic carbocycles. The van der Waals surface area contributed by atoms with E-state index < -0.39 is 10.0 Å². The van der Waals surface area contributed by atoms with Crippen LogP contribution < -0.4 is 14.4 Å². The summed E-state index contributed by atoms with van der Waals surface area (Å²) in [6.45, 7) is 2.43. The van der Waals surface area contributed by atoms with Gasteiger partial charge < -0.3 is 10.1 Å². The van der Waals surface area contributed by atoms with Gasteiger partial charge in [-0.1, -0.05) is 36.4 Å². The SMILES string of the molecule is COc1ccc(C)cc1NC(=O)CCc1ccc(S(=O)(=O)N2CCCc3ccccc32)cc1. The minimum atomic E-state index is -3.64. The summed E-state index contributed by atoms with van der Waals surface area (Å²) < 4.78 is 33.3. The van der Waals surface area contributed by atoms with Crippen molar-refractivity contribution >= 4 is 27.3 Å². The van der Waals surface area contributed by atoms with Crippen LogP contribution in [0.15, 0.2) is 71.6 Å². The summed E-state index contributed by atoms with van der Waals surface area (Å²) >= 11 is 0. The van der Waals surface area contributed by atoms with Gasteiger partial charge in [0.2, 0.25) is 5.91 Å². The number of benzene rings is 3. The Bertz CT molecular complexity index is 1250. The summed E-state index contributed by atoms with van der Waals surface area (Å²) in [5.74, 6) is 0.489. The summed E-state index contributed by atoms with van der Waals surface area (Å²) in [5.41, 5.74) is 4.39. The zero-order chi connectivity index (χ0) is 23.4. The predicted octanol–water partition coefficient (Wildman–Crippen LogP) is 4.72. The Kier molecular flexibility index (Phi) is 6.70. The van der Waals surface area contributed by atoms with Crippen LogP contribution in [0.1, 0.15) is 29.5 Å². The zero-order valence-corrected chi connectivity index (χ0v) is 19.7. The third kappa shape index (κ3) is 5.03. The largest absolute Gasteiger partial charge is 0.495 e. The van der Waals surface area contributed by atoms with Gasteiger partial charge in [-0.3, -0.25) is 9.10 Å². The fraction of sp³-hybridized carbons (Fsp3) is 0.269. The number of sulfonamides is 1. The van der Waals surface area contributed by atoms with Crippen LogP contribution >= 0.6 is 0 Å². The van der Waals surface area contributed by atoms with Crippen molar-refractivity contribution in [1.82, 2.24) is 0 Å². The Labute approximate surface area is 195 Å². The Hall–Kier alpha value is -3.32. The first-order valence-electron chi connectivity index (χ1n) is 11.0. The Morgan fingerprint density at radius 2 is 1.82 bits per heavy atom. The van der Waals surface area contributed by atoms with E-state index in [0.29, 0.717) is 24.4 Å².